The highest BCUT2D eigenvalue weighted by Gasteiger charge is 2.31. The topological polar surface area (TPSA) is 102 Å². The lowest BCUT2D eigenvalue weighted by molar-refractivity contribution is -0.142. The number of fused-ring (bicyclic) bond motifs is 3. The van der Waals surface area contributed by atoms with Crippen LogP contribution < -0.4 is 10.6 Å². The Kier molecular flexibility index (Phi) is 7.42. The van der Waals surface area contributed by atoms with Crippen LogP contribution in [0, 0.1) is 11.6 Å². The summed E-state index contributed by atoms with van der Waals surface area (Å²) in [6, 6.07) is 9.18. The second kappa shape index (κ2) is 10.9. The molecule has 8 nitrogen and oxygen atoms in total. The van der Waals surface area contributed by atoms with E-state index >= 15 is 0 Å². The first-order chi connectivity index (χ1) is 18.7. The predicted molar refractivity (Wildman–Crippen MR) is 142 cm³/mol. The number of hydrogen-bond acceptors (Lipinski definition) is 6. The van der Waals surface area contributed by atoms with Gasteiger partial charge in [0.05, 0.1) is 25.1 Å². The van der Waals surface area contributed by atoms with Crippen LogP contribution in [0.2, 0.25) is 0 Å². The van der Waals surface area contributed by atoms with Gasteiger partial charge in [0.15, 0.2) is 4.96 Å². The number of thiazole rings is 1. The molecule has 2 atom stereocenters. The van der Waals surface area contributed by atoms with Gasteiger partial charge < -0.3 is 15.4 Å². The quantitative estimate of drug-likeness (QED) is 0.326. The van der Waals surface area contributed by atoms with Crippen LogP contribution in [0.3, 0.4) is 0 Å². The van der Waals surface area contributed by atoms with Crippen LogP contribution in [-0.4, -0.2) is 40.3 Å². The van der Waals surface area contributed by atoms with Gasteiger partial charge >= 0.3 is 5.97 Å². The van der Waals surface area contributed by atoms with Crippen molar-refractivity contribution in [3.05, 3.63) is 76.4 Å². The molecule has 0 bridgehead atoms. The Labute approximate surface area is 227 Å². The molecule has 0 aliphatic heterocycles. The summed E-state index contributed by atoms with van der Waals surface area (Å²) in [5, 5.41) is 5.29. The van der Waals surface area contributed by atoms with Crippen LogP contribution in [0.15, 0.2) is 48.7 Å². The smallest absolute Gasteiger partial charge is 0.314 e. The molecule has 5 rings (SSSR count). The fourth-order valence-electron chi connectivity index (χ4n) is 4.76. The molecule has 202 valence electrons. The number of aryl methyl sites for hydroxylation is 1. The number of carbonyl (C=O) groups excluding carboxylic acids is 3. The number of hydrogen-bond donors (Lipinski definition) is 2. The lowest BCUT2D eigenvalue weighted by Crippen LogP contribution is -2.42. The summed E-state index contributed by atoms with van der Waals surface area (Å²) < 4.78 is 33.7. The molecule has 2 amide bonds. The molecule has 0 saturated heterocycles. The summed E-state index contributed by atoms with van der Waals surface area (Å²) in [5.74, 6) is -2.96. The number of nitrogens with zero attached hydrogens (tertiary/aromatic N) is 2. The van der Waals surface area contributed by atoms with E-state index in [1.54, 1.807) is 12.1 Å². The van der Waals surface area contributed by atoms with Crippen LogP contribution in [0.4, 0.5) is 14.5 Å². The largest absolute Gasteiger partial charge is 0.469 e. The molecule has 2 aromatic carbocycles. The van der Waals surface area contributed by atoms with Gasteiger partial charge in [-0.1, -0.05) is 12.1 Å². The second-order valence-corrected chi connectivity index (χ2v) is 10.5. The number of methoxy groups -OCH3 is 1. The Morgan fingerprint density at radius 1 is 1.15 bits per heavy atom. The number of ether oxygens (including phenoxy) is 1. The van der Waals surface area contributed by atoms with Crippen LogP contribution in [-0.2, 0) is 32.0 Å². The summed E-state index contributed by atoms with van der Waals surface area (Å²) in [6.07, 6.45) is 4.26. The van der Waals surface area contributed by atoms with Crippen LogP contribution in [0.25, 0.3) is 16.2 Å². The van der Waals surface area contributed by atoms with Crippen LogP contribution in [0.1, 0.15) is 41.8 Å². The highest BCUT2D eigenvalue weighted by atomic mass is 32.1. The Morgan fingerprint density at radius 2 is 1.87 bits per heavy atom. The first-order valence-electron chi connectivity index (χ1n) is 12.5. The predicted octanol–water partition coefficient (Wildman–Crippen LogP) is 4.62. The first kappa shape index (κ1) is 26.5. The highest BCUT2D eigenvalue weighted by Crippen LogP contribution is 2.39. The molecular formula is C28H26F2N4O4S. The number of nitrogens with one attached hydrogen (secondary N) is 2. The lowest BCUT2D eigenvalue weighted by Gasteiger charge is -2.19. The van der Waals surface area contributed by atoms with Crippen LogP contribution in [0.5, 0.6) is 0 Å². The number of imidazole rings is 1. The fraction of sp³-hybridized carbons (Fsp3) is 0.286. The number of aromatic nitrogens is 2. The van der Waals surface area contributed by atoms with Gasteiger partial charge in [-0.2, -0.15) is 0 Å². The molecule has 39 heavy (non-hydrogen) atoms. The van der Waals surface area contributed by atoms with E-state index in [2.05, 4.69) is 10.6 Å². The van der Waals surface area contributed by atoms with E-state index in [1.807, 2.05) is 22.7 Å². The van der Waals surface area contributed by atoms with Gasteiger partial charge in [-0.25, -0.2) is 13.8 Å². The van der Waals surface area contributed by atoms with Gasteiger partial charge in [-0.05, 0) is 56.0 Å². The summed E-state index contributed by atoms with van der Waals surface area (Å²) in [6.45, 7) is 1.52. The Balaban J connectivity index is 1.22. The average Bonchev–Trinajstić information content (AvgIpc) is 3.46. The molecule has 0 spiro atoms. The maximum atomic E-state index is 13.3. The van der Waals surface area contributed by atoms with E-state index in [1.165, 1.54) is 25.4 Å². The van der Waals surface area contributed by atoms with Crippen molar-refractivity contribution in [2.45, 2.75) is 44.6 Å². The molecule has 0 fully saturated rings. The molecule has 0 saturated carbocycles. The molecule has 2 N–H and O–H groups in total. The zero-order valence-corrected chi connectivity index (χ0v) is 22.1. The van der Waals surface area contributed by atoms with Gasteiger partial charge in [0, 0.05) is 34.1 Å². The number of benzene rings is 2. The third kappa shape index (κ3) is 5.68. The molecule has 2 heterocycles. The second-order valence-electron chi connectivity index (χ2n) is 9.47. The number of amides is 2. The highest BCUT2D eigenvalue weighted by molar-refractivity contribution is 7.17. The minimum Gasteiger partial charge on any atom is -0.469 e. The van der Waals surface area contributed by atoms with Crippen molar-refractivity contribution in [2.24, 2.45) is 0 Å². The Morgan fingerprint density at radius 3 is 2.56 bits per heavy atom. The molecule has 0 radical (unpaired) electrons. The third-order valence-electron chi connectivity index (χ3n) is 6.66. The van der Waals surface area contributed by atoms with Crippen molar-refractivity contribution in [1.29, 1.82) is 0 Å². The van der Waals surface area contributed by atoms with Gasteiger partial charge in [0.2, 0.25) is 11.8 Å². The van der Waals surface area contributed by atoms with E-state index in [-0.39, 0.29) is 23.9 Å². The zero-order chi connectivity index (χ0) is 27.7. The third-order valence-corrected chi connectivity index (χ3v) is 7.88. The molecule has 1 aliphatic rings. The van der Waals surface area contributed by atoms with E-state index < -0.39 is 29.5 Å². The summed E-state index contributed by atoms with van der Waals surface area (Å²) in [5.41, 5.74) is 3.45. The van der Waals surface area contributed by atoms with Crippen molar-refractivity contribution < 1.29 is 27.9 Å². The van der Waals surface area contributed by atoms with E-state index in [4.69, 9.17) is 9.72 Å². The van der Waals surface area contributed by atoms with Crippen molar-refractivity contribution in [1.82, 2.24) is 14.7 Å². The van der Waals surface area contributed by atoms with Crippen molar-refractivity contribution >= 4 is 39.8 Å². The number of esters is 1. The summed E-state index contributed by atoms with van der Waals surface area (Å²) >= 11 is 1.51. The van der Waals surface area contributed by atoms with Crippen molar-refractivity contribution in [2.75, 3.05) is 12.4 Å². The number of rotatable bonds is 7. The fourth-order valence-corrected chi connectivity index (χ4v) is 6.04. The molecule has 11 heteroatoms. The Bertz CT molecular complexity index is 1540. The monoisotopic (exact) mass is 552 g/mol. The van der Waals surface area contributed by atoms with Crippen molar-refractivity contribution in [3.63, 3.8) is 0 Å². The standard InChI is InChI=1S/C28H26F2N4O4S/c1-15(31-24(35)12-16-10-18(29)13-19(30)11-16)26(36)32-20-8-6-17(7-9-20)22-14-34-23-5-3-4-21(27(37)38-2)25(23)39-28(34)33-22/h6-11,13-15,21H,3-5,12H2,1-2H3,(H,31,35)(H,32,36)/t15-,21?/m0/s1. The number of carbonyl (C=O) groups is 3. The molecular weight excluding hydrogens is 526 g/mol. The normalized spacial score (nSPS) is 15.4. The average molecular weight is 553 g/mol. The van der Waals surface area contributed by atoms with E-state index in [0.29, 0.717) is 5.69 Å². The van der Waals surface area contributed by atoms with E-state index in [9.17, 15) is 23.2 Å². The summed E-state index contributed by atoms with van der Waals surface area (Å²) in [4.78, 5) is 43.6. The number of halogens is 2. The summed E-state index contributed by atoms with van der Waals surface area (Å²) in [7, 11) is 1.41. The van der Waals surface area contributed by atoms with Gasteiger partial charge in [0.1, 0.15) is 17.7 Å². The van der Waals surface area contributed by atoms with E-state index in [0.717, 1.165) is 64.3 Å². The van der Waals surface area contributed by atoms with Crippen molar-refractivity contribution in [3.8, 4) is 11.3 Å². The zero-order valence-electron chi connectivity index (χ0n) is 21.3. The lowest BCUT2D eigenvalue weighted by atomic mass is 9.92. The first-order valence-corrected chi connectivity index (χ1v) is 13.3. The SMILES string of the molecule is COC(=O)C1CCCc2c1sc1nc(-c3ccc(NC(=O)[C@H](C)NC(=O)Cc4cc(F)cc(F)c4)cc3)cn21. The maximum absolute atomic E-state index is 13.3. The molecule has 1 aliphatic carbocycles. The maximum Gasteiger partial charge on any atom is 0.314 e. The minimum atomic E-state index is -0.865. The molecule has 1 unspecified atom stereocenters. The van der Waals surface area contributed by atoms with Gasteiger partial charge in [-0.15, -0.1) is 11.3 Å². The van der Waals surface area contributed by atoms with Crippen LogP contribution >= 0.6 is 11.3 Å². The molecule has 2 aromatic heterocycles. The van der Waals surface area contributed by atoms with Gasteiger partial charge in [-0.3, -0.25) is 18.8 Å². The Hall–Kier alpha value is -4.12. The van der Waals surface area contributed by atoms with Gasteiger partial charge in [0.25, 0.3) is 0 Å². The molecule has 4 aromatic rings. The number of anilines is 1. The minimum absolute atomic E-state index is 0.177.